The summed E-state index contributed by atoms with van der Waals surface area (Å²) < 4.78 is 0. The number of nitrogens with two attached hydrogens (primary N) is 3. The van der Waals surface area contributed by atoms with Gasteiger partial charge in [-0.15, -0.1) is 0 Å². The Morgan fingerprint density at radius 3 is 2.36 bits per heavy atom. The maximum atomic E-state index is 13.0. The molecule has 33 heavy (non-hydrogen) atoms. The summed E-state index contributed by atoms with van der Waals surface area (Å²) >= 11 is 0. The van der Waals surface area contributed by atoms with Crippen molar-refractivity contribution in [3.63, 3.8) is 0 Å². The van der Waals surface area contributed by atoms with E-state index in [0.29, 0.717) is 12.1 Å². The van der Waals surface area contributed by atoms with Gasteiger partial charge in [0.25, 0.3) is 0 Å². The number of hydrogen-bond donors (Lipinski definition) is 7. The minimum Gasteiger partial charge on any atom is -0.480 e. The van der Waals surface area contributed by atoms with Crippen LogP contribution in [-0.2, 0) is 27.2 Å². The number of guanidine groups is 1. The lowest BCUT2D eigenvalue weighted by molar-refractivity contribution is -0.142. The average molecular weight is 459 g/mol. The van der Waals surface area contributed by atoms with Gasteiger partial charge in [-0.25, -0.2) is 9.78 Å². The van der Waals surface area contributed by atoms with Crippen molar-refractivity contribution in [2.24, 2.45) is 22.2 Å². The zero-order valence-electron chi connectivity index (χ0n) is 18.1. The number of amides is 2. The first-order valence-electron chi connectivity index (χ1n) is 10.4. The largest absolute Gasteiger partial charge is 0.480 e. The number of carboxylic acid groups (broad SMARTS) is 1. The van der Waals surface area contributed by atoms with Gasteiger partial charge < -0.3 is 37.9 Å². The molecule has 12 nitrogen and oxygen atoms in total. The summed E-state index contributed by atoms with van der Waals surface area (Å²) in [5.74, 6) is -2.47. The van der Waals surface area contributed by atoms with Gasteiger partial charge in [0, 0.05) is 31.3 Å². The number of rotatable bonds is 13. The third-order valence-electron chi connectivity index (χ3n) is 4.81. The molecule has 10 N–H and O–H groups in total. The first-order valence-corrected chi connectivity index (χ1v) is 10.4. The Morgan fingerprint density at radius 1 is 1.06 bits per heavy atom. The molecule has 3 unspecified atom stereocenters. The van der Waals surface area contributed by atoms with Crippen LogP contribution in [0.3, 0.4) is 0 Å². The zero-order valence-corrected chi connectivity index (χ0v) is 18.1. The van der Waals surface area contributed by atoms with E-state index < -0.39 is 35.9 Å². The first-order chi connectivity index (χ1) is 15.8. The van der Waals surface area contributed by atoms with Crippen LogP contribution in [0.4, 0.5) is 0 Å². The van der Waals surface area contributed by atoms with E-state index in [2.05, 4.69) is 25.6 Å². The number of benzene rings is 1. The first kappa shape index (κ1) is 25.3. The van der Waals surface area contributed by atoms with Gasteiger partial charge in [-0.2, -0.15) is 0 Å². The van der Waals surface area contributed by atoms with Crippen molar-refractivity contribution in [3.05, 3.63) is 54.1 Å². The molecule has 3 atom stereocenters. The molecule has 0 aliphatic rings. The normalized spacial score (nSPS) is 13.4. The molecule has 2 amide bonds. The Kier molecular flexibility index (Phi) is 9.83. The van der Waals surface area contributed by atoms with Gasteiger partial charge >= 0.3 is 5.97 Å². The Balaban J connectivity index is 2.07. The van der Waals surface area contributed by atoms with Crippen LogP contribution in [0.25, 0.3) is 0 Å². The van der Waals surface area contributed by atoms with Gasteiger partial charge in [0.15, 0.2) is 5.96 Å². The fourth-order valence-corrected chi connectivity index (χ4v) is 3.10. The standard InChI is InChI=1S/C21H30N8O4/c22-15(10-14-11-25-12-27-14)18(30)29-17(9-13-5-2-1-3-6-13)19(31)28-16(20(32)33)7-4-8-26-21(23)24/h1-3,5-6,11-12,15-17H,4,7-10,22H2,(H,25,27)(H,28,31)(H,29,30)(H,32,33)(H4,23,24,26). The molecule has 1 heterocycles. The predicted octanol–water partition coefficient (Wildman–Crippen LogP) is -1.37. The van der Waals surface area contributed by atoms with Crippen molar-refractivity contribution < 1.29 is 19.5 Å². The highest BCUT2D eigenvalue weighted by Crippen LogP contribution is 2.07. The van der Waals surface area contributed by atoms with Crippen LogP contribution in [0.2, 0.25) is 0 Å². The molecule has 0 fully saturated rings. The van der Waals surface area contributed by atoms with E-state index in [0.717, 1.165) is 5.56 Å². The van der Waals surface area contributed by atoms with Gasteiger partial charge in [0.1, 0.15) is 12.1 Å². The number of aromatic amines is 1. The van der Waals surface area contributed by atoms with Crippen LogP contribution < -0.4 is 27.8 Å². The summed E-state index contributed by atoms with van der Waals surface area (Å²) in [7, 11) is 0. The summed E-state index contributed by atoms with van der Waals surface area (Å²) in [6.07, 6.45) is 3.86. The van der Waals surface area contributed by atoms with E-state index in [9.17, 15) is 19.5 Å². The molecule has 1 aromatic carbocycles. The molecule has 2 rings (SSSR count). The topological polar surface area (TPSA) is 215 Å². The predicted molar refractivity (Wildman–Crippen MR) is 122 cm³/mol. The molecule has 0 spiro atoms. The highest BCUT2D eigenvalue weighted by atomic mass is 16.4. The number of imidazole rings is 1. The maximum absolute atomic E-state index is 13.0. The molecule has 0 aliphatic carbocycles. The van der Waals surface area contributed by atoms with E-state index in [4.69, 9.17) is 17.2 Å². The van der Waals surface area contributed by atoms with Crippen LogP contribution >= 0.6 is 0 Å². The average Bonchev–Trinajstić information content (AvgIpc) is 3.28. The van der Waals surface area contributed by atoms with Crippen molar-refractivity contribution >= 4 is 23.7 Å². The number of aliphatic imine (C=N–C) groups is 1. The second-order valence-electron chi connectivity index (χ2n) is 7.49. The monoisotopic (exact) mass is 458 g/mol. The van der Waals surface area contributed by atoms with E-state index in [1.165, 1.54) is 6.33 Å². The Hall–Kier alpha value is -3.93. The Labute approximate surface area is 191 Å². The van der Waals surface area contributed by atoms with Crippen molar-refractivity contribution in [1.29, 1.82) is 0 Å². The van der Waals surface area contributed by atoms with Crippen molar-refractivity contribution in [1.82, 2.24) is 20.6 Å². The molecule has 0 bridgehead atoms. The molecule has 0 saturated carbocycles. The number of hydrogen-bond acceptors (Lipinski definition) is 6. The molecule has 0 saturated heterocycles. The fraction of sp³-hybridized carbons (Fsp3) is 0.381. The summed E-state index contributed by atoms with van der Waals surface area (Å²) in [5, 5.41) is 14.6. The van der Waals surface area contributed by atoms with Gasteiger partial charge in [-0.05, 0) is 18.4 Å². The third kappa shape index (κ3) is 8.99. The summed E-state index contributed by atoms with van der Waals surface area (Å²) in [6.45, 7) is 0.231. The Bertz CT molecular complexity index is 929. The van der Waals surface area contributed by atoms with Crippen LogP contribution in [0.5, 0.6) is 0 Å². The number of aliphatic carboxylic acids is 1. The number of nitrogens with one attached hydrogen (secondary N) is 3. The van der Waals surface area contributed by atoms with Gasteiger partial charge in [-0.1, -0.05) is 30.3 Å². The van der Waals surface area contributed by atoms with Crippen LogP contribution in [-0.4, -0.2) is 63.5 Å². The van der Waals surface area contributed by atoms with E-state index in [-0.39, 0.29) is 31.8 Å². The smallest absolute Gasteiger partial charge is 0.326 e. The van der Waals surface area contributed by atoms with Gasteiger partial charge in [-0.3, -0.25) is 14.6 Å². The van der Waals surface area contributed by atoms with Crippen LogP contribution in [0.1, 0.15) is 24.1 Å². The second kappa shape index (κ2) is 12.8. The molecule has 1 aromatic heterocycles. The van der Waals surface area contributed by atoms with Crippen molar-refractivity contribution in [2.45, 2.75) is 43.8 Å². The zero-order chi connectivity index (χ0) is 24.2. The highest BCUT2D eigenvalue weighted by Gasteiger charge is 2.28. The lowest BCUT2D eigenvalue weighted by atomic mass is 10.0. The summed E-state index contributed by atoms with van der Waals surface area (Å²) in [6, 6.07) is 5.94. The molecule has 178 valence electrons. The van der Waals surface area contributed by atoms with Gasteiger partial charge in [0.05, 0.1) is 12.4 Å². The Morgan fingerprint density at radius 2 is 1.76 bits per heavy atom. The second-order valence-corrected chi connectivity index (χ2v) is 7.49. The lowest BCUT2D eigenvalue weighted by Gasteiger charge is -2.23. The summed E-state index contributed by atoms with van der Waals surface area (Å²) in [5.41, 5.74) is 18.0. The number of nitrogens with zero attached hydrogens (tertiary/aromatic N) is 2. The van der Waals surface area contributed by atoms with Crippen molar-refractivity contribution in [2.75, 3.05) is 6.54 Å². The van der Waals surface area contributed by atoms with E-state index >= 15 is 0 Å². The minimum absolute atomic E-state index is 0.0944. The van der Waals surface area contributed by atoms with E-state index in [1.54, 1.807) is 30.5 Å². The van der Waals surface area contributed by atoms with Gasteiger partial charge in [0.2, 0.25) is 11.8 Å². The minimum atomic E-state index is -1.20. The molecular formula is C21H30N8O4. The third-order valence-corrected chi connectivity index (χ3v) is 4.81. The molecule has 2 aromatic rings. The maximum Gasteiger partial charge on any atom is 0.326 e. The summed E-state index contributed by atoms with van der Waals surface area (Å²) in [4.78, 5) is 47.8. The SMILES string of the molecule is NC(N)=NCCCC(NC(=O)C(Cc1ccccc1)NC(=O)C(N)Cc1cnc[nH]1)C(=O)O. The number of carboxylic acids is 1. The van der Waals surface area contributed by atoms with Crippen molar-refractivity contribution in [3.8, 4) is 0 Å². The van der Waals surface area contributed by atoms with E-state index in [1.807, 2.05) is 6.07 Å². The fourth-order valence-electron chi connectivity index (χ4n) is 3.10. The number of H-pyrrole nitrogens is 1. The highest BCUT2D eigenvalue weighted by molar-refractivity contribution is 5.92. The quantitative estimate of drug-likeness (QED) is 0.108. The molecule has 12 heteroatoms. The number of carbonyl (C=O) groups excluding carboxylic acids is 2. The number of aromatic nitrogens is 2. The lowest BCUT2D eigenvalue weighted by Crippen LogP contribution is -2.55. The molecule has 0 radical (unpaired) electrons. The molecule has 0 aliphatic heterocycles. The number of carbonyl (C=O) groups is 3. The molecular weight excluding hydrogens is 428 g/mol. The van der Waals surface area contributed by atoms with Crippen LogP contribution in [0.15, 0.2) is 47.8 Å². The van der Waals surface area contributed by atoms with Crippen LogP contribution in [0, 0.1) is 0 Å².